The largest absolute Gasteiger partial charge is 0.455 e. The smallest absolute Gasteiger partial charge is 0.296 e. The SMILES string of the molecule is CC1CCC(CC2(C)CNCCN2c2ccc(C(=O)NS(=O)(=O)c3cc(F)c(NCC4CCOCC4)c([N+](=O)[O-])c3)c(Oc3cnc4[nH]ccc4c3)c2)=C(c2ccc(Cl)cc2)C1. The zero-order valence-corrected chi connectivity index (χ0v) is 36.1. The Morgan fingerprint density at radius 2 is 1.90 bits per heavy atom. The van der Waals surface area contributed by atoms with E-state index in [9.17, 15) is 23.3 Å². The van der Waals surface area contributed by atoms with Crippen molar-refractivity contribution in [2.75, 3.05) is 49.6 Å². The third-order valence-electron chi connectivity index (χ3n) is 12.2. The number of ether oxygens (including phenoxy) is 2. The second-order valence-electron chi connectivity index (χ2n) is 16.7. The number of nitrogens with zero attached hydrogens (tertiary/aromatic N) is 3. The van der Waals surface area contributed by atoms with Gasteiger partial charge in [0.2, 0.25) is 0 Å². The lowest BCUT2D eigenvalue weighted by molar-refractivity contribution is -0.384. The summed E-state index contributed by atoms with van der Waals surface area (Å²) < 4.78 is 56.8. The molecule has 326 valence electrons. The van der Waals surface area contributed by atoms with Crippen LogP contribution in [-0.2, 0) is 14.8 Å². The van der Waals surface area contributed by atoms with Crippen molar-refractivity contribution in [3.8, 4) is 11.5 Å². The number of H-pyrrole nitrogens is 1. The van der Waals surface area contributed by atoms with Gasteiger partial charge in [-0.1, -0.05) is 36.2 Å². The Morgan fingerprint density at radius 3 is 2.68 bits per heavy atom. The molecule has 2 aromatic heterocycles. The van der Waals surface area contributed by atoms with E-state index >= 15 is 4.39 Å². The highest BCUT2D eigenvalue weighted by Crippen LogP contribution is 2.43. The van der Waals surface area contributed by atoms with E-state index in [4.69, 9.17) is 21.1 Å². The van der Waals surface area contributed by atoms with E-state index < -0.39 is 48.5 Å². The van der Waals surface area contributed by atoms with Crippen molar-refractivity contribution < 1.29 is 32.0 Å². The number of aromatic amines is 1. The number of allylic oxidation sites excluding steroid dienone is 1. The number of halogens is 2. The molecule has 0 bridgehead atoms. The first-order valence-corrected chi connectivity index (χ1v) is 22.7. The number of nitro groups is 1. The van der Waals surface area contributed by atoms with Crippen molar-refractivity contribution in [3.63, 3.8) is 0 Å². The number of hydrogen-bond donors (Lipinski definition) is 4. The first kappa shape index (κ1) is 43.1. The first-order valence-electron chi connectivity index (χ1n) is 20.8. The minimum atomic E-state index is -4.84. The number of aromatic nitrogens is 2. The molecule has 2 fully saturated rings. The minimum absolute atomic E-state index is 0.0464. The summed E-state index contributed by atoms with van der Waals surface area (Å²) in [5.41, 5.74) is 3.51. The fourth-order valence-electron chi connectivity index (χ4n) is 8.84. The minimum Gasteiger partial charge on any atom is -0.455 e. The molecule has 62 heavy (non-hydrogen) atoms. The van der Waals surface area contributed by atoms with Crippen LogP contribution in [0.5, 0.6) is 11.5 Å². The molecule has 2 saturated heterocycles. The van der Waals surface area contributed by atoms with Crippen LogP contribution in [0.25, 0.3) is 16.6 Å². The van der Waals surface area contributed by atoms with Crippen LogP contribution in [0.15, 0.2) is 89.6 Å². The maximum absolute atomic E-state index is 15.6. The number of hydrogen-bond acceptors (Lipinski definition) is 11. The average molecular weight is 886 g/mol. The van der Waals surface area contributed by atoms with Crippen LogP contribution in [0.1, 0.15) is 68.3 Å². The number of anilines is 2. The van der Waals surface area contributed by atoms with Crippen LogP contribution in [0.4, 0.5) is 21.5 Å². The molecular formula is C45H49ClFN7O7S. The number of piperazine rings is 1. The summed E-state index contributed by atoms with van der Waals surface area (Å²) in [6.45, 7) is 7.81. The van der Waals surface area contributed by atoms with Crippen molar-refractivity contribution in [2.24, 2.45) is 11.8 Å². The Labute approximate surface area is 364 Å². The van der Waals surface area contributed by atoms with Crippen molar-refractivity contribution in [3.05, 3.63) is 117 Å². The number of pyridine rings is 1. The number of nitro benzene ring substituents is 1. The molecule has 4 N–H and O–H groups in total. The van der Waals surface area contributed by atoms with Gasteiger partial charge in [-0.25, -0.2) is 22.5 Å². The molecule has 4 heterocycles. The lowest BCUT2D eigenvalue weighted by Gasteiger charge is -2.48. The zero-order valence-electron chi connectivity index (χ0n) is 34.5. The summed E-state index contributed by atoms with van der Waals surface area (Å²) in [5, 5.41) is 19.9. The number of nitrogens with one attached hydrogen (secondary N) is 4. The fraction of sp³-hybridized carbons (Fsp3) is 0.378. The van der Waals surface area contributed by atoms with Crippen LogP contribution >= 0.6 is 11.6 Å². The average Bonchev–Trinajstić information content (AvgIpc) is 3.72. The summed E-state index contributed by atoms with van der Waals surface area (Å²) in [4.78, 5) is 34.3. The van der Waals surface area contributed by atoms with Gasteiger partial charge in [-0.05, 0) is 111 Å². The monoisotopic (exact) mass is 885 g/mol. The van der Waals surface area contributed by atoms with Gasteiger partial charge in [-0.2, -0.15) is 0 Å². The summed E-state index contributed by atoms with van der Waals surface area (Å²) in [7, 11) is -4.84. The molecule has 3 aromatic carbocycles. The highest BCUT2D eigenvalue weighted by Gasteiger charge is 2.38. The second-order valence-corrected chi connectivity index (χ2v) is 18.9. The van der Waals surface area contributed by atoms with Gasteiger partial charge >= 0.3 is 0 Å². The van der Waals surface area contributed by atoms with Gasteiger partial charge in [0.05, 0.1) is 27.1 Å². The first-order chi connectivity index (χ1) is 29.8. The van der Waals surface area contributed by atoms with Crippen LogP contribution in [0.3, 0.4) is 0 Å². The molecular weight excluding hydrogens is 837 g/mol. The summed E-state index contributed by atoms with van der Waals surface area (Å²) in [6.07, 6.45) is 8.39. The maximum Gasteiger partial charge on any atom is 0.296 e. The van der Waals surface area contributed by atoms with Gasteiger partial charge in [-0.3, -0.25) is 14.9 Å². The number of rotatable bonds is 13. The molecule has 5 aromatic rings. The fourth-order valence-corrected chi connectivity index (χ4v) is 9.96. The second kappa shape index (κ2) is 18.0. The quantitative estimate of drug-likeness (QED) is 0.0655. The Hall–Kier alpha value is -5.55. The molecule has 1 aliphatic carbocycles. The molecule has 2 aliphatic heterocycles. The molecule has 2 atom stereocenters. The van der Waals surface area contributed by atoms with Crippen LogP contribution in [0, 0.1) is 27.8 Å². The maximum atomic E-state index is 15.6. The van der Waals surface area contributed by atoms with E-state index in [0.29, 0.717) is 74.1 Å². The highest BCUT2D eigenvalue weighted by molar-refractivity contribution is 7.90. The van der Waals surface area contributed by atoms with E-state index in [1.165, 1.54) is 29.0 Å². The lowest BCUT2D eigenvalue weighted by Crippen LogP contribution is -2.60. The van der Waals surface area contributed by atoms with Crippen molar-refractivity contribution in [1.29, 1.82) is 0 Å². The Balaban J connectivity index is 1.11. The van der Waals surface area contributed by atoms with Crippen LogP contribution in [0.2, 0.25) is 5.02 Å². The van der Waals surface area contributed by atoms with Crippen molar-refractivity contribution >= 4 is 61.2 Å². The highest BCUT2D eigenvalue weighted by atomic mass is 35.5. The van der Waals surface area contributed by atoms with Gasteiger partial charge in [0.15, 0.2) is 5.82 Å². The van der Waals surface area contributed by atoms with Crippen LogP contribution < -0.4 is 25.0 Å². The number of amides is 1. The van der Waals surface area contributed by atoms with Gasteiger partial charge in [-0.15, -0.1) is 0 Å². The van der Waals surface area contributed by atoms with Gasteiger partial charge in [0, 0.05) is 73.8 Å². The Kier molecular flexibility index (Phi) is 12.5. The zero-order chi connectivity index (χ0) is 43.6. The number of carbonyl (C=O) groups excluding carboxylic acids is 1. The topological polar surface area (TPSA) is 181 Å². The van der Waals surface area contributed by atoms with E-state index in [0.717, 1.165) is 42.8 Å². The Morgan fingerprint density at radius 1 is 1.11 bits per heavy atom. The molecule has 2 unspecified atom stereocenters. The Bertz CT molecular complexity index is 2630. The molecule has 14 nitrogen and oxygen atoms in total. The van der Waals surface area contributed by atoms with E-state index in [1.54, 1.807) is 24.4 Å². The standard InChI is InChI=1S/C45H49ClFN7O7S/c1-28-3-4-32(38(19-28)30-5-7-33(46)8-6-30)24-45(2)27-48-15-16-53(45)34-9-10-37(41(21-34)61-35-20-31-11-14-49-43(31)51-26-35)44(55)52-62(58,59)36-22-39(47)42(40(23-36)54(56)57)50-25-29-12-17-60-18-13-29/h5-11,14,20-23,26,28-29,48,50H,3-4,12-13,15-19,24-25,27H2,1-2H3,(H,49,51)(H,52,55). The number of carbonyl (C=O) groups is 1. The normalized spacial score (nSPS) is 20.0. The number of fused-ring (bicyclic) bond motifs is 1. The molecule has 17 heteroatoms. The van der Waals surface area contributed by atoms with Gasteiger partial charge in [0.1, 0.15) is 22.8 Å². The molecule has 8 rings (SSSR count). The van der Waals surface area contributed by atoms with Gasteiger partial charge in [0.25, 0.3) is 21.6 Å². The molecule has 0 saturated carbocycles. The number of benzene rings is 3. The third-order valence-corrected chi connectivity index (χ3v) is 13.7. The molecule has 0 spiro atoms. The van der Waals surface area contributed by atoms with Crippen molar-refractivity contribution in [1.82, 2.24) is 20.0 Å². The predicted octanol–water partition coefficient (Wildman–Crippen LogP) is 8.85. The third kappa shape index (κ3) is 9.43. The summed E-state index contributed by atoms with van der Waals surface area (Å²) in [6, 6.07) is 18.0. The van der Waals surface area contributed by atoms with E-state index in [-0.39, 0.29) is 23.8 Å². The summed E-state index contributed by atoms with van der Waals surface area (Å²) >= 11 is 6.27. The van der Waals surface area contributed by atoms with Crippen molar-refractivity contribution in [2.45, 2.75) is 62.8 Å². The van der Waals surface area contributed by atoms with Gasteiger partial charge < -0.3 is 30.0 Å². The molecule has 3 aliphatic rings. The van der Waals surface area contributed by atoms with Crippen LogP contribution in [-0.4, -0.2) is 74.1 Å². The van der Waals surface area contributed by atoms with E-state index in [2.05, 4.69) is 51.5 Å². The molecule has 0 radical (unpaired) electrons. The van der Waals surface area contributed by atoms with E-state index in [1.807, 2.05) is 22.9 Å². The predicted molar refractivity (Wildman–Crippen MR) is 237 cm³/mol. The lowest BCUT2D eigenvalue weighted by atomic mass is 9.76. The summed E-state index contributed by atoms with van der Waals surface area (Å²) in [5.74, 6) is -1.24. The molecule has 1 amide bonds. The number of sulfonamides is 1.